The normalized spacial score (nSPS) is 10.5. The zero-order chi connectivity index (χ0) is 16.6. The first-order valence-electron chi connectivity index (χ1n) is 6.85. The summed E-state index contributed by atoms with van der Waals surface area (Å²) in [7, 11) is 1.90. The Balaban J connectivity index is 0.000000295. The number of thiazole rings is 1. The molecule has 0 bridgehead atoms. The van der Waals surface area contributed by atoms with Crippen molar-refractivity contribution in [3.8, 4) is 17.0 Å². The highest BCUT2D eigenvalue weighted by Crippen LogP contribution is 2.23. The Labute approximate surface area is 135 Å². The average molecular weight is 322 g/mol. The highest BCUT2D eigenvalue weighted by Gasteiger charge is 2.07. The zero-order valence-corrected chi connectivity index (χ0v) is 14.1. The number of nitrogens with one attached hydrogen (secondary N) is 1. The molecule has 2 N–H and O–H groups in total. The Morgan fingerprint density at radius 2 is 1.95 bits per heavy atom. The van der Waals surface area contributed by atoms with Crippen LogP contribution in [0, 0.1) is 0 Å². The summed E-state index contributed by atoms with van der Waals surface area (Å²) in [5.41, 5.74) is 1.68. The van der Waals surface area contributed by atoms with Gasteiger partial charge in [0.05, 0.1) is 5.69 Å². The Bertz CT molecular complexity index is 574. The Kier molecular flexibility index (Phi) is 7.01. The molecule has 1 aromatic carbocycles. The van der Waals surface area contributed by atoms with Gasteiger partial charge < -0.3 is 15.2 Å². The van der Waals surface area contributed by atoms with Gasteiger partial charge in [-0.05, 0) is 52.1 Å². The molecule has 2 rings (SSSR count). The van der Waals surface area contributed by atoms with Crippen LogP contribution in [0.5, 0.6) is 5.75 Å². The monoisotopic (exact) mass is 322 g/mol. The van der Waals surface area contributed by atoms with E-state index in [1.807, 2.05) is 45.3 Å². The predicted octanol–water partition coefficient (Wildman–Crippen LogP) is 3.19. The van der Waals surface area contributed by atoms with Gasteiger partial charge in [0.15, 0.2) is 0 Å². The lowest BCUT2D eigenvalue weighted by atomic mass is 10.2. The van der Waals surface area contributed by atoms with E-state index in [1.54, 1.807) is 23.5 Å². The van der Waals surface area contributed by atoms with Crippen molar-refractivity contribution >= 4 is 17.8 Å². The van der Waals surface area contributed by atoms with E-state index >= 15 is 0 Å². The molecule has 0 aliphatic rings. The van der Waals surface area contributed by atoms with E-state index < -0.39 is 0 Å². The van der Waals surface area contributed by atoms with Crippen molar-refractivity contribution in [3.05, 3.63) is 34.7 Å². The van der Waals surface area contributed by atoms with Crippen molar-refractivity contribution in [2.75, 3.05) is 7.05 Å². The molecule has 0 fully saturated rings. The number of nitrogens with zero attached hydrogens (tertiary/aromatic N) is 1. The maximum Gasteiger partial charge on any atom is 0.293 e. The van der Waals surface area contributed by atoms with Gasteiger partial charge >= 0.3 is 0 Å². The van der Waals surface area contributed by atoms with Crippen LogP contribution in [0.25, 0.3) is 11.3 Å². The van der Waals surface area contributed by atoms with Crippen molar-refractivity contribution in [2.24, 2.45) is 0 Å². The minimum absolute atomic E-state index is 0.282. The minimum atomic E-state index is -0.318. The number of hydrogen-bond acceptors (Lipinski definition) is 6. The molecule has 1 aromatic heterocycles. The molecule has 5 nitrogen and oxygen atoms in total. The van der Waals surface area contributed by atoms with Crippen molar-refractivity contribution in [2.45, 2.75) is 32.9 Å². The molecular formula is C16H22N2O3S. The van der Waals surface area contributed by atoms with E-state index in [9.17, 15) is 4.79 Å². The molecule has 0 saturated heterocycles. The van der Waals surface area contributed by atoms with Crippen LogP contribution in [0.15, 0.2) is 29.6 Å². The van der Waals surface area contributed by atoms with Crippen molar-refractivity contribution < 1.29 is 14.6 Å². The second kappa shape index (κ2) is 8.51. The molecule has 0 spiro atoms. The summed E-state index contributed by atoms with van der Waals surface area (Å²) < 4.78 is 4.55. The number of phenolic OH excluding ortho intramolecular Hbond substituents is 1. The number of hydrogen-bond donors (Lipinski definition) is 2. The van der Waals surface area contributed by atoms with Crippen LogP contribution in [-0.2, 0) is 16.1 Å². The number of ether oxygens (including phenoxy) is 1. The summed E-state index contributed by atoms with van der Waals surface area (Å²) >= 11 is 1.64. The molecule has 0 aliphatic heterocycles. The molecule has 0 radical (unpaired) electrons. The summed E-state index contributed by atoms with van der Waals surface area (Å²) in [6, 6.07) is 7.08. The molecule has 2 aromatic rings. The first-order chi connectivity index (χ1) is 10.4. The van der Waals surface area contributed by atoms with Crippen LogP contribution in [-0.4, -0.2) is 29.2 Å². The van der Waals surface area contributed by atoms with E-state index in [1.165, 1.54) is 0 Å². The van der Waals surface area contributed by atoms with E-state index in [-0.39, 0.29) is 11.4 Å². The van der Waals surface area contributed by atoms with Gasteiger partial charge in [0.25, 0.3) is 6.47 Å². The molecule has 0 saturated carbocycles. The summed E-state index contributed by atoms with van der Waals surface area (Å²) in [6.45, 7) is 6.72. The second-order valence-electron chi connectivity index (χ2n) is 5.53. The van der Waals surface area contributed by atoms with E-state index in [0.29, 0.717) is 6.47 Å². The summed E-state index contributed by atoms with van der Waals surface area (Å²) in [5.74, 6) is 0.282. The SMILES string of the molecule is CC(C)(C)OC=O.CNCc1nc(-c2ccc(O)cc2)cs1. The molecule has 0 atom stereocenters. The van der Waals surface area contributed by atoms with Crippen LogP contribution in [0.1, 0.15) is 25.8 Å². The smallest absolute Gasteiger partial charge is 0.293 e. The molecule has 6 heteroatoms. The van der Waals surface area contributed by atoms with E-state index in [4.69, 9.17) is 5.11 Å². The third kappa shape index (κ3) is 6.69. The summed E-state index contributed by atoms with van der Waals surface area (Å²) in [6.07, 6.45) is 0. The average Bonchev–Trinajstić information content (AvgIpc) is 2.88. The number of carbonyl (C=O) groups excluding carboxylic acids is 1. The number of benzene rings is 1. The molecule has 0 aliphatic carbocycles. The van der Waals surface area contributed by atoms with Crippen LogP contribution in [0.4, 0.5) is 0 Å². The first-order valence-corrected chi connectivity index (χ1v) is 7.73. The number of aromatic hydroxyl groups is 1. The Morgan fingerprint density at radius 1 is 1.32 bits per heavy atom. The standard InChI is InChI=1S/C11H12N2OS.C5H10O2/c1-12-6-11-13-10(7-15-11)8-2-4-9(14)5-3-8;1-5(2,3)7-4-6/h2-5,7,12,14H,6H2,1H3;4H,1-3H3. The lowest BCUT2D eigenvalue weighted by Crippen LogP contribution is -2.17. The third-order valence-electron chi connectivity index (χ3n) is 2.44. The van der Waals surface area contributed by atoms with Gasteiger partial charge in [-0.1, -0.05) is 0 Å². The number of rotatable bonds is 4. The topological polar surface area (TPSA) is 71.5 Å². The highest BCUT2D eigenvalue weighted by atomic mass is 32.1. The number of carbonyl (C=O) groups is 1. The van der Waals surface area contributed by atoms with Gasteiger partial charge in [0.2, 0.25) is 0 Å². The van der Waals surface area contributed by atoms with Crippen LogP contribution < -0.4 is 5.32 Å². The molecule has 0 unspecified atom stereocenters. The van der Waals surface area contributed by atoms with Gasteiger partial charge in [0.1, 0.15) is 16.4 Å². The molecular weight excluding hydrogens is 300 g/mol. The van der Waals surface area contributed by atoms with Gasteiger partial charge in [-0.2, -0.15) is 0 Å². The lowest BCUT2D eigenvalue weighted by Gasteiger charge is -2.14. The fourth-order valence-corrected chi connectivity index (χ4v) is 2.27. The van der Waals surface area contributed by atoms with Crippen LogP contribution in [0.3, 0.4) is 0 Å². The highest BCUT2D eigenvalue weighted by molar-refractivity contribution is 7.09. The van der Waals surface area contributed by atoms with Crippen molar-refractivity contribution in [1.29, 1.82) is 0 Å². The van der Waals surface area contributed by atoms with Gasteiger partial charge in [-0.25, -0.2) is 4.98 Å². The molecule has 1 heterocycles. The van der Waals surface area contributed by atoms with Gasteiger partial charge in [-0.15, -0.1) is 11.3 Å². The summed E-state index contributed by atoms with van der Waals surface area (Å²) in [4.78, 5) is 14.1. The molecule has 120 valence electrons. The third-order valence-corrected chi connectivity index (χ3v) is 3.29. The second-order valence-corrected chi connectivity index (χ2v) is 6.47. The maximum absolute atomic E-state index is 9.60. The first kappa shape index (κ1) is 18.1. The molecule has 0 amide bonds. The van der Waals surface area contributed by atoms with Crippen molar-refractivity contribution in [1.82, 2.24) is 10.3 Å². The lowest BCUT2D eigenvalue weighted by molar-refractivity contribution is -0.138. The largest absolute Gasteiger partial charge is 0.508 e. The number of phenols is 1. The number of aromatic nitrogens is 1. The van der Waals surface area contributed by atoms with E-state index in [2.05, 4.69) is 15.0 Å². The van der Waals surface area contributed by atoms with Crippen LogP contribution in [0.2, 0.25) is 0 Å². The quantitative estimate of drug-likeness (QED) is 0.846. The fraction of sp³-hybridized carbons (Fsp3) is 0.375. The van der Waals surface area contributed by atoms with Crippen LogP contribution >= 0.6 is 11.3 Å². The van der Waals surface area contributed by atoms with Crippen molar-refractivity contribution in [3.63, 3.8) is 0 Å². The van der Waals surface area contributed by atoms with E-state index in [0.717, 1.165) is 22.8 Å². The maximum atomic E-state index is 9.60. The minimum Gasteiger partial charge on any atom is -0.508 e. The van der Waals surface area contributed by atoms with Gasteiger partial charge in [-0.3, -0.25) is 4.79 Å². The Morgan fingerprint density at radius 3 is 2.41 bits per heavy atom. The Hall–Kier alpha value is -1.92. The molecule has 22 heavy (non-hydrogen) atoms. The fourth-order valence-electron chi connectivity index (χ4n) is 1.45. The summed E-state index contributed by atoms with van der Waals surface area (Å²) in [5, 5.41) is 15.3. The predicted molar refractivity (Wildman–Crippen MR) is 88.9 cm³/mol. The zero-order valence-electron chi connectivity index (χ0n) is 13.3. The van der Waals surface area contributed by atoms with Gasteiger partial charge in [0, 0.05) is 17.5 Å².